The molecule has 0 bridgehead atoms. The first-order chi connectivity index (χ1) is 17.5. The van der Waals surface area contributed by atoms with Crippen molar-refractivity contribution in [2.45, 2.75) is 35.5 Å². The van der Waals surface area contributed by atoms with E-state index < -0.39 is 27.5 Å². The van der Waals surface area contributed by atoms with Gasteiger partial charge in [0.25, 0.3) is 0 Å². The number of piperidine rings is 1. The van der Waals surface area contributed by atoms with Gasteiger partial charge in [-0.25, -0.2) is 10.3 Å². The summed E-state index contributed by atoms with van der Waals surface area (Å²) in [6.07, 6.45) is 0.0452. The molecule has 0 saturated carbocycles. The third-order valence-corrected chi connectivity index (χ3v) is 8.19. The first-order valence-electron chi connectivity index (χ1n) is 11.6. The SMILES string of the molecule is O=C(CC1(S(=O)c2ccc(Oc3ccccc3)cc2)CCN(C(=O)OCc2ccccc2)CC1)NO. The number of nitrogens with one attached hydrogen (secondary N) is 1. The van der Waals surface area contributed by atoms with E-state index in [9.17, 15) is 13.8 Å². The Kier molecular flexibility index (Phi) is 8.35. The third-order valence-electron chi connectivity index (χ3n) is 6.16. The van der Waals surface area contributed by atoms with Gasteiger partial charge in [0.15, 0.2) is 0 Å². The van der Waals surface area contributed by atoms with E-state index in [-0.39, 0.29) is 26.1 Å². The number of rotatable bonds is 8. The van der Waals surface area contributed by atoms with Gasteiger partial charge in [-0.1, -0.05) is 48.5 Å². The zero-order valence-corrected chi connectivity index (χ0v) is 20.5. The standard InChI is InChI=1S/C27H28N2O6S/c30-25(28-32)19-27(15-17-29(18-16-27)26(31)34-20-21-7-3-1-4-8-21)36(33)24-13-11-23(12-14-24)35-22-9-5-2-6-10-22/h1-14,32H,15-20H2,(H,28,30). The second-order valence-corrected chi connectivity index (χ2v) is 10.5. The third kappa shape index (κ3) is 6.30. The molecule has 36 heavy (non-hydrogen) atoms. The minimum absolute atomic E-state index is 0.134. The molecule has 0 radical (unpaired) electrons. The van der Waals surface area contributed by atoms with E-state index in [0.717, 1.165) is 5.56 Å². The molecule has 1 aliphatic rings. The fourth-order valence-electron chi connectivity index (χ4n) is 4.17. The predicted molar refractivity (Wildman–Crippen MR) is 134 cm³/mol. The molecule has 1 aliphatic heterocycles. The molecule has 1 fully saturated rings. The summed E-state index contributed by atoms with van der Waals surface area (Å²) >= 11 is 0. The Labute approximate surface area is 212 Å². The van der Waals surface area contributed by atoms with Crippen molar-refractivity contribution >= 4 is 22.8 Å². The van der Waals surface area contributed by atoms with Crippen LogP contribution in [-0.4, -0.2) is 44.2 Å². The highest BCUT2D eigenvalue weighted by Crippen LogP contribution is 2.36. The number of nitrogens with zero attached hydrogens (tertiary/aromatic N) is 1. The molecular weight excluding hydrogens is 480 g/mol. The molecule has 1 heterocycles. The number of hydroxylamine groups is 1. The summed E-state index contributed by atoms with van der Waals surface area (Å²) in [4.78, 5) is 26.8. The zero-order valence-electron chi connectivity index (χ0n) is 19.7. The molecule has 8 nitrogen and oxygen atoms in total. The van der Waals surface area contributed by atoms with Gasteiger partial charge >= 0.3 is 6.09 Å². The number of hydrogen-bond donors (Lipinski definition) is 2. The number of hydrogen-bond acceptors (Lipinski definition) is 6. The Morgan fingerprint density at radius 1 is 0.889 bits per heavy atom. The second-order valence-electron chi connectivity index (χ2n) is 8.58. The number of benzene rings is 3. The Balaban J connectivity index is 1.42. The zero-order chi connectivity index (χ0) is 25.4. The maximum absolute atomic E-state index is 13.7. The van der Waals surface area contributed by atoms with Crippen LogP contribution in [0.5, 0.6) is 11.5 Å². The van der Waals surface area contributed by atoms with Gasteiger partial charge in [-0.05, 0) is 54.8 Å². The van der Waals surface area contributed by atoms with Crippen molar-refractivity contribution in [2.75, 3.05) is 13.1 Å². The van der Waals surface area contributed by atoms with Crippen molar-refractivity contribution in [1.29, 1.82) is 0 Å². The van der Waals surface area contributed by atoms with Crippen LogP contribution in [-0.2, 0) is 26.9 Å². The lowest BCUT2D eigenvalue weighted by molar-refractivity contribution is -0.130. The van der Waals surface area contributed by atoms with Crippen molar-refractivity contribution in [3.8, 4) is 11.5 Å². The van der Waals surface area contributed by atoms with Gasteiger partial charge in [0.1, 0.15) is 18.1 Å². The Bertz CT molecular complexity index is 1180. The van der Waals surface area contributed by atoms with Crippen LogP contribution < -0.4 is 10.2 Å². The fraction of sp³-hybridized carbons (Fsp3) is 0.259. The summed E-state index contributed by atoms with van der Waals surface area (Å²) in [5.41, 5.74) is 2.54. The number of carbonyl (C=O) groups is 2. The molecular formula is C27H28N2O6S. The minimum atomic E-state index is -1.57. The molecule has 9 heteroatoms. The predicted octanol–water partition coefficient (Wildman–Crippen LogP) is 4.65. The molecule has 0 aromatic heterocycles. The molecule has 1 saturated heterocycles. The molecule has 3 aromatic carbocycles. The smallest absolute Gasteiger partial charge is 0.410 e. The topological polar surface area (TPSA) is 105 Å². The Morgan fingerprint density at radius 2 is 1.47 bits per heavy atom. The summed E-state index contributed by atoms with van der Waals surface area (Å²) in [5, 5.41) is 9.13. The van der Waals surface area contributed by atoms with Crippen LogP contribution in [0.2, 0.25) is 0 Å². The lowest BCUT2D eigenvalue weighted by atomic mass is 9.92. The van der Waals surface area contributed by atoms with Crippen LogP contribution in [0, 0.1) is 0 Å². The van der Waals surface area contributed by atoms with Gasteiger partial charge in [0.2, 0.25) is 5.91 Å². The normalized spacial score (nSPS) is 15.5. The summed E-state index contributed by atoms with van der Waals surface area (Å²) in [5.74, 6) is 0.668. The van der Waals surface area contributed by atoms with E-state index in [2.05, 4.69) is 0 Å². The van der Waals surface area contributed by atoms with Gasteiger partial charge in [-0.3, -0.25) is 14.2 Å². The summed E-state index contributed by atoms with van der Waals surface area (Å²) in [7, 11) is -1.57. The number of likely N-dealkylation sites (tertiary alicyclic amines) is 1. The second kappa shape index (κ2) is 11.8. The van der Waals surface area contributed by atoms with E-state index >= 15 is 0 Å². The fourth-order valence-corrected chi connectivity index (χ4v) is 5.87. The van der Waals surface area contributed by atoms with E-state index in [1.165, 1.54) is 0 Å². The van der Waals surface area contributed by atoms with Gasteiger partial charge in [0.05, 0.1) is 15.5 Å². The van der Waals surface area contributed by atoms with E-state index in [1.54, 1.807) is 34.6 Å². The van der Waals surface area contributed by atoms with Crippen LogP contribution in [0.3, 0.4) is 0 Å². The van der Waals surface area contributed by atoms with Crippen molar-refractivity contribution < 1.29 is 28.5 Å². The van der Waals surface area contributed by atoms with Gasteiger partial charge in [0, 0.05) is 24.4 Å². The molecule has 2 amide bonds. The average Bonchev–Trinajstić information content (AvgIpc) is 2.93. The lowest BCUT2D eigenvalue weighted by Gasteiger charge is -2.40. The quantitative estimate of drug-likeness (QED) is 0.339. The van der Waals surface area contributed by atoms with Gasteiger partial charge < -0.3 is 14.4 Å². The van der Waals surface area contributed by atoms with Crippen LogP contribution in [0.1, 0.15) is 24.8 Å². The van der Waals surface area contributed by atoms with Gasteiger partial charge in [-0.2, -0.15) is 0 Å². The first-order valence-corrected chi connectivity index (χ1v) is 12.8. The van der Waals surface area contributed by atoms with E-state index in [1.807, 2.05) is 60.7 Å². The van der Waals surface area contributed by atoms with Crippen molar-refractivity contribution in [1.82, 2.24) is 10.4 Å². The highest BCUT2D eigenvalue weighted by Gasteiger charge is 2.43. The number of carbonyl (C=O) groups excluding carboxylic acids is 2. The molecule has 1 atom stereocenters. The molecule has 4 rings (SSSR count). The van der Waals surface area contributed by atoms with Crippen molar-refractivity contribution in [2.24, 2.45) is 0 Å². The lowest BCUT2D eigenvalue weighted by Crippen LogP contribution is -2.50. The van der Waals surface area contributed by atoms with E-state index in [0.29, 0.717) is 29.2 Å². The summed E-state index contributed by atoms with van der Waals surface area (Å²) in [6.45, 7) is 0.734. The average molecular weight is 509 g/mol. The Hall–Kier alpha value is -3.69. The van der Waals surface area contributed by atoms with E-state index in [4.69, 9.17) is 14.7 Å². The minimum Gasteiger partial charge on any atom is -0.457 e. The maximum atomic E-state index is 13.7. The van der Waals surface area contributed by atoms with Crippen molar-refractivity contribution in [3.63, 3.8) is 0 Å². The number of para-hydroxylation sites is 1. The largest absolute Gasteiger partial charge is 0.457 e. The molecule has 0 aliphatic carbocycles. The number of ether oxygens (including phenoxy) is 2. The maximum Gasteiger partial charge on any atom is 0.410 e. The molecule has 1 unspecified atom stereocenters. The first kappa shape index (κ1) is 25.4. The molecule has 0 spiro atoms. The molecule has 3 aromatic rings. The summed E-state index contributed by atoms with van der Waals surface area (Å²) < 4.78 is 24.0. The van der Waals surface area contributed by atoms with Crippen LogP contribution in [0.4, 0.5) is 4.79 Å². The highest BCUT2D eigenvalue weighted by atomic mass is 32.2. The van der Waals surface area contributed by atoms with Gasteiger partial charge in [-0.15, -0.1) is 0 Å². The Morgan fingerprint density at radius 3 is 2.08 bits per heavy atom. The van der Waals surface area contributed by atoms with Crippen LogP contribution >= 0.6 is 0 Å². The highest BCUT2D eigenvalue weighted by molar-refractivity contribution is 7.86. The van der Waals surface area contributed by atoms with Crippen molar-refractivity contribution in [3.05, 3.63) is 90.5 Å². The van der Waals surface area contributed by atoms with Crippen LogP contribution in [0.15, 0.2) is 89.8 Å². The number of amides is 2. The monoisotopic (exact) mass is 508 g/mol. The van der Waals surface area contributed by atoms with Crippen LogP contribution in [0.25, 0.3) is 0 Å². The molecule has 2 N–H and O–H groups in total. The summed E-state index contributed by atoms with van der Waals surface area (Å²) in [6, 6.07) is 25.6. The molecule has 188 valence electrons.